The third-order valence-corrected chi connectivity index (χ3v) is 1.97. The van der Waals surface area contributed by atoms with Crippen molar-refractivity contribution in [3.05, 3.63) is 11.6 Å². The number of rotatable bonds is 5. The quantitative estimate of drug-likeness (QED) is 0.644. The highest BCUT2D eigenvalue weighted by Gasteiger charge is 2.12. The van der Waals surface area contributed by atoms with E-state index in [9.17, 15) is 0 Å². The molecule has 1 N–H and O–H groups in total. The number of nitrogens with one attached hydrogen (secondary N) is 1. The lowest BCUT2D eigenvalue weighted by Gasteiger charge is -2.23. The fraction of sp³-hybridized carbons (Fsp3) is 0.833. The van der Waals surface area contributed by atoms with Crippen molar-refractivity contribution in [3.8, 4) is 0 Å². The first kappa shape index (κ1) is 12.7. The van der Waals surface area contributed by atoms with E-state index in [1.165, 1.54) is 12.0 Å². The molecule has 0 saturated carbocycles. The Morgan fingerprint density at radius 1 is 1.38 bits per heavy atom. The number of hydrogen-bond donors (Lipinski definition) is 1. The topological polar surface area (TPSA) is 12.0 Å². The average Bonchev–Trinajstić information content (AvgIpc) is 1.81. The minimum atomic E-state index is 0.147. The molecular weight excluding hydrogens is 158 g/mol. The third-order valence-electron chi connectivity index (χ3n) is 1.97. The third kappa shape index (κ3) is 6.83. The SMILES string of the molecule is CCNC(C)(C)/C=C(\C)CC(C)C. The molecule has 0 spiro atoms. The fourth-order valence-electron chi connectivity index (χ4n) is 1.83. The van der Waals surface area contributed by atoms with Crippen LogP contribution < -0.4 is 5.32 Å². The van der Waals surface area contributed by atoms with E-state index in [-0.39, 0.29) is 5.54 Å². The van der Waals surface area contributed by atoms with Crippen molar-refractivity contribution in [3.63, 3.8) is 0 Å². The maximum Gasteiger partial charge on any atom is 0.0309 e. The van der Waals surface area contributed by atoms with Gasteiger partial charge < -0.3 is 5.32 Å². The molecule has 0 aliphatic carbocycles. The van der Waals surface area contributed by atoms with Crippen LogP contribution in [-0.4, -0.2) is 12.1 Å². The predicted octanol–water partition coefficient (Wildman–Crippen LogP) is 3.37. The summed E-state index contributed by atoms with van der Waals surface area (Å²) in [6, 6.07) is 0. The Morgan fingerprint density at radius 3 is 2.31 bits per heavy atom. The van der Waals surface area contributed by atoms with E-state index < -0.39 is 0 Å². The van der Waals surface area contributed by atoms with Crippen molar-refractivity contribution in [2.24, 2.45) is 5.92 Å². The van der Waals surface area contributed by atoms with Gasteiger partial charge in [-0.1, -0.05) is 32.4 Å². The Hall–Kier alpha value is -0.300. The summed E-state index contributed by atoms with van der Waals surface area (Å²) in [5.74, 6) is 0.758. The van der Waals surface area contributed by atoms with Crippen molar-refractivity contribution in [2.45, 2.75) is 53.5 Å². The molecular formula is C12H25N. The zero-order valence-electron chi connectivity index (χ0n) is 10.1. The summed E-state index contributed by atoms with van der Waals surface area (Å²) in [4.78, 5) is 0. The molecule has 0 bridgehead atoms. The summed E-state index contributed by atoms with van der Waals surface area (Å²) in [5.41, 5.74) is 1.63. The van der Waals surface area contributed by atoms with Gasteiger partial charge in [0.25, 0.3) is 0 Å². The van der Waals surface area contributed by atoms with Gasteiger partial charge >= 0.3 is 0 Å². The van der Waals surface area contributed by atoms with Crippen molar-refractivity contribution in [2.75, 3.05) is 6.54 Å². The largest absolute Gasteiger partial charge is 0.309 e. The summed E-state index contributed by atoms with van der Waals surface area (Å²) >= 11 is 0. The molecule has 0 aliphatic heterocycles. The maximum absolute atomic E-state index is 3.45. The van der Waals surface area contributed by atoms with Crippen molar-refractivity contribution in [1.82, 2.24) is 5.32 Å². The lowest BCUT2D eigenvalue weighted by molar-refractivity contribution is 0.484. The standard InChI is InChI=1S/C12H25N/c1-7-13-12(5,6)9-11(4)8-10(2)3/h9-10,13H,7-8H2,1-6H3/b11-9+. The lowest BCUT2D eigenvalue weighted by atomic mass is 9.97. The van der Waals surface area contributed by atoms with E-state index in [0.717, 1.165) is 12.5 Å². The minimum Gasteiger partial charge on any atom is -0.309 e. The van der Waals surface area contributed by atoms with Crippen LogP contribution in [0.5, 0.6) is 0 Å². The second kappa shape index (κ2) is 5.43. The number of likely N-dealkylation sites (N-methyl/N-ethyl adjacent to an activating group) is 1. The zero-order valence-corrected chi connectivity index (χ0v) is 10.1. The van der Waals surface area contributed by atoms with E-state index in [2.05, 4.69) is 52.9 Å². The number of allylic oxidation sites excluding steroid dienone is 1. The molecule has 0 fully saturated rings. The molecule has 0 unspecified atom stereocenters. The molecule has 0 heterocycles. The van der Waals surface area contributed by atoms with Crippen LogP contribution >= 0.6 is 0 Å². The van der Waals surface area contributed by atoms with E-state index in [4.69, 9.17) is 0 Å². The van der Waals surface area contributed by atoms with Gasteiger partial charge in [-0.3, -0.25) is 0 Å². The van der Waals surface area contributed by atoms with Gasteiger partial charge in [-0.2, -0.15) is 0 Å². The average molecular weight is 183 g/mol. The molecule has 1 nitrogen and oxygen atoms in total. The molecule has 0 amide bonds. The summed E-state index contributed by atoms with van der Waals surface area (Å²) < 4.78 is 0. The summed E-state index contributed by atoms with van der Waals surface area (Å²) in [5, 5.41) is 3.45. The predicted molar refractivity (Wildman–Crippen MR) is 61.0 cm³/mol. The van der Waals surface area contributed by atoms with Crippen molar-refractivity contribution >= 4 is 0 Å². The van der Waals surface area contributed by atoms with Gasteiger partial charge in [0, 0.05) is 5.54 Å². The van der Waals surface area contributed by atoms with Crippen LogP contribution in [-0.2, 0) is 0 Å². The molecule has 0 aromatic carbocycles. The minimum absolute atomic E-state index is 0.147. The van der Waals surface area contributed by atoms with Crippen molar-refractivity contribution < 1.29 is 0 Å². The summed E-state index contributed by atoms with van der Waals surface area (Å²) in [7, 11) is 0. The van der Waals surface area contributed by atoms with Crippen LogP contribution in [0.25, 0.3) is 0 Å². The van der Waals surface area contributed by atoms with Gasteiger partial charge in [0.1, 0.15) is 0 Å². The molecule has 1 heteroatoms. The normalized spacial score (nSPS) is 13.9. The van der Waals surface area contributed by atoms with Crippen LogP contribution in [0.1, 0.15) is 48.0 Å². The van der Waals surface area contributed by atoms with Gasteiger partial charge in [-0.25, -0.2) is 0 Å². The molecule has 0 aliphatic rings. The Balaban J connectivity index is 4.18. The monoisotopic (exact) mass is 183 g/mol. The molecule has 13 heavy (non-hydrogen) atoms. The molecule has 0 saturated heterocycles. The smallest absolute Gasteiger partial charge is 0.0309 e. The van der Waals surface area contributed by atoms with Gasteiger partial charge in [-0.15, -0.1) is 0 Å². The fourth-order valence-corrected chi connectivity index (χ4v) is 1.83. The Labute approximate surface area is 83.6 Å². The Kier molecular flexibility index (Phi) is 5.31. The highest BCUT2D eigenvalue weighted by atomic mass is 14.9. The summed E-state index contributed by atoms with van der Waals surface area (Å²) in [6.45, 7) is 14.4. The Morgan fingerprint density at radius 2 is 1.92 bits per heavy atom. The molecule has 78 valence electrons. The second-order valence-electron chi connectivity index (χ2n) is 4.84. The van der Waals surface area contributed by atoms with E-state index in [1.807, 2.05) is 0 Å². The highest BCUT2D eigenvalue weighted by Crippen LogP contribution is 2.14. The number of hydrogen-bond acceptors (Lipinski definition) is 1. The summed E-state index contributed by atoms with van der Waals surface area (Å²) in [6.07, 6.45) is 3.55. The first-order chi connectivity index (χ1) is 5.87. The Bertz CT molecular complexity index is 166. The molecule has 0 aromatic rings. The highest BCUT2D eigenvalue weighted by molar-refractivity contribution is 5.09. The zero-order chi connectivity index (χ0) is 10.5. The van der Waals surface area contributed by atoms with Crippen LogP contribution in [0, 0.1) is 5.92 Å². The molecule has 0 rings (SSSR count). The van der Waals surface area contributed by atoms with Crippen LogP contribution in [0.15, 0.2) is 11.6 Å². The van der Waals surface area contributed by atoms with Gasteiger partial charge in [0.2, 0.25) is 0 Å². The van der Waals surface area contributed by atoms with Crippen LogP contribution in [0.3, 0.4) is 0 Å². The van der Waals surface area contributed by atoms with E-state index in [0.29, 0.717) is 0 Å². The maximum atomic E-state index is 3.45. The second-order valence-corrected chi connectivity index (χ2v) is 4.84. The van der Waals surface area contributed by atoms with Gasteiger partial charge in [0.15, 0.2) is 0 Å². The van der Waals surface area contributed by atoms with E-state index in [1.54, 1.807) is 0 Å². The first-order valence-electron chi connectivity index (χ1n) is 5.30. The first-order valence-corrected chi connectivity index (χ1v) is 5.30. The molecule has 0 radical (unpaired) electrons. The van der Waals surface area contributed by atoms with Crippen molar-refractivity contribution in [1.29, 1.82) is 0 Å². The van der Waals surface area contributed by atoms with Gasteiger partial charge in [-0.05, 0) is 39.7 Å². The van der Waals surface area contributed by atoms with Crippen LogP contribution in [0.4, 0.5) is 0 Å². The van der Waals surface area contributed by atoms with Gasteiger partial charge in [0.05, 0.1) is 0 Å². The molecule has 0 atom stereocenters. The lowest BCUT2D eigenvalue weighted by Crippen LogP contribution is -2.37. The van der Waals surface area contributed by atoms with E-state index >= 15 is 0 Å². The molecule has 0 aromatic heterocycles. The van der Waals surface area contributed by atoms with Crippen LogP contribution in [0.2, 0.25) is 0 Å².